The number of hydrogen-bond acceptors (Lipinski definition) is 6. The second kappa shape index (κ2) is 23.9. The summed E-state index contributed by atoms with van der Waals surface area (Å²) >= 11 is 3.14. The van der Waals surface area contributed by atoms with E-state index in [1.54, 1.807) is 23.5 Å². The van der Waals surface area contributed by atoms with Crippen LogP contribution in [0.5, 0.6) is 0 Å². The van der Waals surface area contributed by atoms with E-state index in [2.05, 4.69) is 148 Å². The molecule has 0 bridgehead atoms. The average Bonchev–Trinajstić information content (AvgIpc) is 3.40. The van der Waals surface area contributed by atoms with Crippen LogP contribution in [-0.4, -0.2) is 24.7 Å². The molecule has 9 rings (SSSR count). The van der Waals surface area contributed by atoms with Crippen molar-refractivity contribution in [2.75, 3.05) is 23.7 Å². The van der Waals surface area contributed by atoms with Gasteiger partial charge in [-0.25, -0.2) is 0 Å². The Labute approximate surface area is 428 Å². The number of carbonyl (C=O) groups is 2. The van der Waals surface area contributed by atoms with Crippen molar-refractivity contribution in [1.82, 2.24) is 0 Å². The molecule has 0 unspecified atom stereocenters. The van der Waals surface area contributed by atoms with Crippen LogP contribution in [0.1, 0.15) is 185 Å². The highest BCUT2D eigenvalue weighted by Crippen LogP contribution is 2.47. The molecule has 2 N–H and O–H groups in total. The van der Waals surface area contributed by atoms with Crippen LogP contribution in [-0.2, 0) is 0 Å². The van der Waals surface area contributed by atoms with Crippen molar-refractivity contribution in [3.05, 3.63) is 155 Å². The number of unbranched alkanes of at least 4 members (excludes halogenated alkanes) is 2. The summed E-state index contributed by atoms with van der Waals surface area (Å²) in [5.41, 5.74) is 11.1. The van der Waals surface area contributed by atoms with Crippen molar-refractivity contribution >= 4 is 46.5 Å². The number of benzene rings is 6. The molecule has 0 heterocycles. The van der Waals surface area contributed by atoms with Crippen LogP contribution in [0.25, 0.3) is 22.3 Å². The normalized spacial score (nSPS) is 18.9. The van der Waals surface area contributed by atoms with E-state index in [4.69, 9.17) is 0 Å². The zero-order valence-corrected chi connectivity index (χ0v) is 43.9. The Balaban J connectivity index is 0.991. The third-order valence-corrected chi connectivity index (χ3v) is 17.8. The fourth-order valence-electron chi connectivity index (χ4n) is 11.6. The third kappa shape index (κ3) is 11.5. The number of fused-ring (bicyclic) bond motifs is 2. The van der Waals surface area contributed by atoms with Gasteiger partial charge in [-0.1, -0.05) is 163 Å². The maximum absolute atomic E-state index is 15.4. The summed E-state index contributed by atoms with van der Waals surface area (Å²) in [4.78, 5) is 34.4. The minimum atomic E-state index is -0.101. The van der Waals surface area contributed by atoms with Crippen LogP contribution in [0.3, 0.4) is 0 Å². The maximum Gasteiger partial charge on any atom is 0.197 e. The van der Waals surface area contributed by atoms with Crippen molar-refractivity contribution in [1.29, 1.82) is 0 Å². The van der Waals surface area contributed by atoms with Crippen molar-refractivity contribution in [2.24, 2.45) is 11.8 Å². The van der Waals surface area contributed by atoms with Gasteiger partial charge in [-0.15, -0.1) is 0 Å². The van der Waals surface area contributed by atoms with E-state index in [0.29, 0.717) is 34.1 Å². The lowest BCUT2D eigenvalue weighted by atomic mass is 9.77. The highest BCUT2D eigenvalue weighted by atomic mass is 32.2. The Hall–Kier alpha value is -5.04. The predicted molar refractivity (Wildman–Crippen MR) is 298 cm³/mol. The van der Waals surface area contributed by atoms with Crippen LogP contribution in [0, 0.1) is 11.8 Å². The van der Waals surface area contributed by atoms with Gasteiger partial charge in [-0.2, -0.15) is 0 Å². The molecule has 0 spiro atoms. The lowest BCUT2D eigenvalue weighted by Crippen LogP contribution is -2.26. The molecule has 6 heteroatoms. The summed E-state index contributed by atoms with van der Waals surface area (Å²) in [6.07, 6.45) is 19.9. The van der Waals surface area contributed by atoms with Crippen LogP contribution in [0.15, 0.2) is 141 Å². The van der Waals surface area contributed by atoms with E-state index in [1.165, 1.54) is 110 Å². The number of hydrogen-bond donors (Lipinski definition) is 2. The van der Waals surface area contributed by atoms with Gasteiger partial charge in [-0.05, 0) is 170 Å². The topological polar surface area (TPSA) is 58.2 Å². The van der Waals surface area contributed by atoms with E-state index >= 15 is 9.59 Å². The van der Waals surface area contributed by atoms with Crippen LogP contribution in [0.4, 0.5) is 11.4 Å². The molecule has 6 aromatic rings. The molecule has 0 atom stereocenters. The van der Waals surface area contributed by atoms with Gasteiger partial charge in [-0.3, -0.25) is 9.59 Å². The van der Waals surface area contributed by atoms with Crippen molar-refractivity contribution in [3.63, 3.8) is 0 Å². The first-order valence-corrected chi connectivity index (χ1v) is 28.7. The number of nitrogens with one attached hydrogen (secondary N) is 2. The SMILES string of the molecule is CCCCNc1ccc(NCCCC)c2c1C(=O)c1c(Sc3ccc(-c4ccc(C5CCC(CCC)CC5)cc4)cc3)ccc(Sc3ccc(-c4ccc(C5CCC(CCC)CC5)cc4)cc3)c1C2=O. The summed E-state index contributed by atoms with van der Waals surface area (Å²) < 4.78 is 0. The Morgan fingerprint density at radius 3 is 1.07 bits per heavy atom. The van der Waals surface area contributed by atoms with Gasteiger partial charge in [0.2, 0.25) is 0 Å². The van der Waals surface area contributed by atoms with E-state index in [9.17, 15) is 0 Å². The average molecular weight is 967 g/mol. The molecule has 70 heavy (non-hydrogen) atoms. The first kappa shape index (κ1) is 49.9. The van der Waals surface area contributed by atoms with Crippen molar-refractivity contribution in [3.8, 4) is 22.3 Å². The molecular weight excluding hydrogens is 893 g/mol. The highest BCUT2D eigenvalue weighted by molar-refractivity contribution is 8.00. The van der Waals surface area contributed by atoms with Crippen molar-refractivity contribution < 1.29 is 9.59 Å². The lowest BCUT2D eigenvalue weighted by Gasteiger charge is -2.28. The van der Waals surface area contributed by atoms with Gasteiger partial charge in [0.15, 0.2) is 11.6 Å². The molecule has 3 aliphatic rings. The minimum absolute atomic E-state index is 0.101. The summed E-state index contributed by atoms with van der Waals surface area (Å²) in [7, 11) is 0. The molecule has 2 saturated carbocycles. The second-order valence-electron chi connectivity index (χ2n) is 20.5. The Morgan fingerprint density at radius 2 is 0.743 bits per heavy atom. The molecule has 0 amide bonds. The summed E-state index contributed by atoms with van der Waals surface area (Å²) in [5, 5.41) is 7.11. The number of rotatable bonds is 20. The molecule has 0 radical (unpaired) electrons. The molecule has 0 saturated heterocycles. The fourth-order valence-corrected chi connectivity index (χ4v) is 13.5. The largest absolute Gasteiger partial charge is 0.384 e. The highest BCUT2D eigenvalue weighted by Gasteiger charge is 2.38. The summed E-state index contributed by atoms with van der Waals surface area (Å²) in [6.45, 7) is 10.4. The van der Waals surface area contributed by atoms with Gasteiger partial charge < -0.3 is 10.6 Å². The van der Waals surface area contributed by atoms with Gasteiger partial charge in [0, 0.05) is 55.2 Å². The monoisotopic (exact) mass is 967 g/mol. The Morgan fingerprint density at radius 1 is 0.400 bits per heavy atom. The van der Waals surface area contributed by atoms with E-state index < -0.39 is 0 Å². The van der Waals surface area contributed by atoms with Crippen molar-refractivity contribution in [2.45, 2.75) is 162 Å². The number of anilines is 2. The van der Waals surface area contributed by atoms with E-state index in [0.717, 1.165) is 81.6 Å². The van der Waals surface area contributed by atoms with Gasteiger partial charge in [0.25, 0.3) is 0 Å². The first-order valence-electron chi connectivity index (χ1n) is 27.0. The molecule has 6 aromatic carbocycles. The molecule has 0 aromatic heterocycles. The van der Waals surface area contributed by atoms with Crippen LogP contribution < -0.4 is 10.6 Å². The second-order valence-corrected chi connectivity index (χ2v) is 22.7. The van der Waals surface area contributed by atoms with Crippen LogP contribution in [0.2, 0.25) is 0 Å². The molecular formula is C64H74N2O2S2. The Bertz CT molecular complexity index is 2500. The number of carbonyl (C=O) groups excluding carboxylic acids is 2. The van der Waals surface area contributed by atoms with E-state index in [-0.39, 0.29) is 11.6 Å². The predicted octanol–water partition coefficient (Wildman–Crippen LogP) is 18.7. The number of ketones is 2. The first-order chi connectivity index (χ1) is 34.3. The quantitative estimate of drug-likeness (QED) is 0.0743. The summed E-state index contributed by atoms with van der Waals surface area (Å²) in [6, 6.07) is 44.0. The molecule has 3 aliphatic carbocycles. The van der Waals surface area contributed by atoms with Gasteiger partial charge in [0.1, 0.15) is 0 Å². The molecule has 2 fully saturated rings. The zero-order chi connectivity index (χ0) is 48.4. The summed E-state index contributed by atoms with van der Waals surface area (Å²) in [5.74, 6) is 2.96. The Kier molecular flexibility index (Phi) is 17.1. The molecule has 364 valence electrons. The maximum atomic E-state index is 15.4. The van der Waals surface area contributed by atoms with Gasteiger partial charge in [0.05, 0.1) is 11.1 Å². The smallest absolute Gasteiger partial charge is 0.197 e. The fraction of sp³-hybridized carbons (Fsp3) is 0.406. The van der Waals surface area contributed by atoms with Crippen LogP contribution >= 0.6 is 23.5 Å². The third-order valence-electron chi connectivity index (χ3n) is 15.6. The zero-order valence-electron chi connectivity index (χ0n) is 42.2. The standard InChI is InChI=1S/C64H74N2O2S2/c1-5-9-41-65-55-37-38-56(66-42-10-6-2)60-59(55)63(67)61-57(69-53-33-29-51(30-34-53)49-25-21-47(22-26-49)45-17-13-43(11-7-3)14-18-45)39-40-58(62(61)64(60)68)70-54-35-31-52(32-36-54)50-27-23-48(24-28-50)46-19-15-44(12-8-4)16-20-46/h21-40,43-46,65-66H,5-20,41-42H2,1-4H3. The lowest BCUT2D eigenvalue weighted by molar-refractivity contribution is 0.0975. The minimum Gasteiger partial charge on any atom is -0.384 e. The molecule has 4 nitrogen and oxygen atoms in total. The van der Waals surface area contributed by atoms with Gasteiger partial charge >= 0.3 is 0 Å². The van der Waals surface area contributed by atoms with E-state index in [1.807, 2.05) is 12.1 Å². The molecule has 0 aliphatic heterocycles.